The van der Waals surface area contributed by atoms with Gasteiger partial charge in [0, 0.05) is 5.56 Å². The minimum Gasteiger partial charge on any atom is -0.298 e. The van der Waals surface area contributed by atoms with Crippen molar-refractivity contribution in [1.29, 1.82) is 0 Å². The lowest BCUT2D eigenvalue weighted by Crippen LogP contribution is -2.15. The second-order valence-corrected chi connectivity index (χ2v) is 2.17. The molecule has 0 spiro atoms. The standard InChI is InChI=1S/C7H4BF3O/c9-6-3-1-5(2-4-6)7(12)8(10)11/h1-4H. The van der Waals surface area contributed by atoms with Crippen molar-refractivity contribution >= 4 is 12.9 Å². The summed E-state index contributed by atoms with van der Waals surface area (Å²) in [5.74, 6) is -0.555. The molecule has 0 aliphatic heterocycles. The second-order valence-electron chi connectivity index (χ2n) is 2.17. The maximum atomic E-state index is 12.3. The molecule has 0 heterocycles. The summed E-state index contributed by atoms with van der Waals surface area (Å²) in [5.41, 5.74) is -1.46. The Kier molecular flexibility index (Phi) is 2.52. The third kappa shape index (κ3) is 1.87. The molecule has 5 heteroatoms. The van der Waals surface area contributed by atoms with Crippen LogP contribution >= 0.6 is 0 Å². The Balaban J connectivity index is 2.90. The first kappa shape index (κ1) is 8.84. The Morgan fingerprint density at radius 3 is 2.08 bits per heavy atom. The second kappa shape index (κ2) is 3.43. The Morgan fingerprint density at radius 2 is 1.67 bits per heavy atom. The number of carbonyl (C=O) groups excluding carboxylic acids is 1. The molecule has 1 aromatic carbocycles. The number of benzene rings is 1. The van der Waals surface area contributed by atoms with E-state index in [1.54, 1.807) is 0 Å². The molecule has 0 unspecified atom stereocenters. The first-order chi connectivity index (χ1) is 5.61. The van der Waals surface area contributed by atoms with Gasteiger partial charge in [-0.1, -0.05) is 0 Å². The molecule has 0 fully saturated rings. The third-order valence-corrected chi connectivity index (χ3v) is 1.33. The van der Waals surface area contributed by atoms with Crippen LogP contribution in [0.25, 0.3) is 0 Å². The molecule has 1 aromatic rings. The SMILES string of the molecule is O=C(B(F)F)c1ccc(F)cc1. The van der Waals surface area contributed by atoms with Crippen molar-refractivity contribution in [1.82, 2.24) is 0 Å². The Morgan fingerprint density at radius 1 is 1.17 bits per heavy atom. The van der Waals surface area contributed by atoms with Crippen molar-refractivity contribution in [2.24, 2.45) is 0 Å². The summed E-state index contributed by atoms with van der Waals surface area (Å²) >= 11 is 0. The first-order valence-electron chi connectivity index (χ1n) is 3.19. The number of hydrogen-bond acceptors (Lipinski definition) is 1. The van der Waals surface area contributed by atoms with Crippen LogP contribution in [0.2, 0.25) is 0 Å². The first-order valence-corrected chi connectivity index (χ1v) is 3.19. The lowest BCUT2D eigenvalue weighted by molar-refractivity contribution is 0.105. The van der Waals surface area contributed by atoms with Crippen LogP contribution < -0.4 is 0 Å². The van der Waals surface area contributed by atoms with Gasteiger partial charge >= 0.3 is 7.27 Å². The average Bonchev–Trinajstić information content (AvgIpc) is 2.04. The number of halogens is 3. The minimum absolute atomic E-state index is 0.175. The molecule has 1 rings (SSSR count). The van der Waals surface area contributed by atoms with E-state index in [1.165, 1.54) is 0 Å². The molecule has 1 nitrogen and oxygen atoms in total. The summed E-state index contributed by atoms with van der Waals surface area (Å²) in [4.78, 5) is 10.6. The maximum Gasteiger partial charge on any atom is 0.614 e. The molecular weight excluding hydrogens is 168 g/mol. The van der Waals surface area contributed by atoms with Crippen LogP contribution in [0.5, 0.6) is 0 Å². The molecular formula is C7H4BF3O. The highest BCUT2D eigenvalue weighted by Crippen LogP contribution is 2.06. The molecule has 0 aromatic heterocycles. The van der Waals surface area contributed by atoms with Crippen LogP contribution in [-0.2, 0) is 0 Å². The van der Waals surface area contributed by atoms with Crippen LogP contribution in [-0.4, -0.2) is 12.9 Å². The maximum absolute atomic E-state index is 12.3. The van der Waals surface area contributed by atoms with Gasteiger partial charge in [0.05, 0.1) is 0 Å². The number of carbonyl (C=O) groups is 1. The van der Waals surface area contributed by atoms with E-state index in [9.17, 15) is 17.8 Å². The highest BCUT2D eigenvalue weighted by molar-refractivity contribution is 6.82. The molecule has 0 aliphatic carbocycles. The predicted octanol–water partition coefficient (Wildman–Crippen LogP) is 1.97. The summed E-state index contributed by atoms with van der Waals surface area (Å²) in [6.45, 7) is 0. The largest absolute Gasteiger partial charge is 0.614 e. The fourth-order valence-electron chi connectivity index (χ4n) is 0.740. The predicted molar refractivity (Wildman–Crippen MR) is 38.7 cm³/mol. The van der Waals surface area contributed by atoms with Gasteiger partial charge in [-0.05, 0) is 24.3 Å². The van der Waals surface area contributed by atoms with E-state index in [1.807, 2.05) is 0 Å². The van der Waals surface area contributed by atoms with Gasteiger partial charge in [0.1, 0.15) is 5.82 Å². The zero-order valence-electron chi connectivity index (χ0n) is 5.93. The highest BCUT2D eigenvalue weighted by atomic mass is 19.2. The monoisotopic (exact) mass is 172 g/mol. The smallest absolute Gasteiger partial charge is 0.298 e. The van der Waals surface area contributed by atoms with Crippen LogP contribution in [0, 0.1) is 5.82 Å². The van der Waals surface area contributed by atoms with E-state index in [0.29, 0.717) is 0 Å². The van der Waals surface area contributed by atoms with Gasteiger partial charge < -0.3 is 0 Å². The fraction of sp³-hybridized carbons (Fsp3) is 0. The summed E-state index contributed by atoms with van der Waals surface area (Å²) in [5, 5.41) is 0. The topological polar surface area (TPSA) is 17.1 Å². The van der Waals surface area contributed by atoms with Crippen LogP contribution in [0.15, 0.2) is 24.3 Å². The Bertz CT molecular complexity index is 283. The van der Waals surface area contributed by atoms with Crippen LogP contribution in [0.4, 0.5) is 13.0 Å². The molecule has 0 aliphatic rings. The van der Waals surface area contributed by atoms with Crippen molar-refractivity contribution in [2.45, 2.75) is 0 Å². The van der Waals surface area contributed by atoms with Crippen molar-refractivity contribution in [3.05, 3.63) is 35.6 Å². The summed E-state index contributed by atoms with van der Waals surface area (Å²) in [6, 6.07) is 4.00. The Hall–Kier alpha value is -1.26. The van der Waals surface area contributed by atoms with E-state index < -0.39 is 18.8 Å². The molecule has 12 heavy (non-hydrogen) atoms. The minimum atomic E-state index is -3.03. The summed E-state index contributed by atoms with van der Waals surface area (Å²) in [7, 11) is -3.03. The van der Waals surface area contributed by atoms with Gasteiger partial charge in [-0.2, -0.15) is 0 Å². The van der Waals surface area contributed by atoms with Crippen LogP contribution in [0.1, 0.15) is 10.4 Å². The zero-order chi connectivity index (χ0) is 9.14. The molecule has 0 atom stereocenters. The van der Waals surface area contributed by atoms with Gasteiger partial charge in [-0.25, -0.2) is 4.39 Å². The molecule has 0 radical (unpaired) electrons. The van der Waals surface area contributed by atoms with E-state index in [-0.39, 0.29) is 5.56 Å². The number of hydrogen-bond donors (Lipinski definition) is 0. The zero-order valence-corrected chi connectivity index (χ0v) is 5.93. The summed E-state index contributed by atoms with van der Waals surface area (Å²) < 4.78 is 35.8. The average molecular weight is 172 g/mol. The lowest BCUT2D eigenvalue weighted by Gasteiger charge is -1.95. The molecule has 0 bridgehead atoms. The van der Waals surface area contributed by atoms with Gasteiger partial charge in [0.25, 0.3) is 0 Å². The van der Waals surface area contributed by atoms with Crippen molar-refractivity contribution in [3.8, 4) is 0 Å². The van der Waals surface area contributed by atoms with Crippen molar-refractivity contribution in [2.75, 3.05) is 0 Å². The molecule has 0 saturated heterocycles. The summed E-state index contributed by atoms with van der Waals surface area (Å²) in [6.07, 6.45) is 0. The van der Waals surface area contributed by atoms with Gasteiger partial charge in [-0.15, -0.1) is 0 Å². The molecule has 0 N–H and O–H groups in total. The fourth-order valence-corrected chi connectivity index (χ4v) is 0.740. The molecule has 0 saturated carbocycles. The van der Waals surface area contributed by atoms with Crippen LogP contribution in [0.3, 0.4) is 0 Å². The van der Waals surface area contributed by atoms with Crippen molar-refractivity contribution in [3.63, 3.8) is 0 Å². The van der Waals surface area contributed by atoms with Gasteiger partial charge in [0.15, 0.2) is 0 Å². The highest BCUT2D eigenvalue weighted by Gasteiger charge is 2.25. The van der Waals surface area contributed by atoms with Gasteiger partial charge in [-0.3, -0.25) is 13.4 Å². The van der Waals surface area contributed by atoms with E-state index >= 15 is 0 Å². The van der Waals surface area contributed by atoms with Crippen molar-refractivity contribution < 1.29 is 17.8 Å². The number of rotatable bonds is 2. The lowest BCUT2D eigenvalue weighted by atomic mass is 9.85. The van der Waals surface area contributed by atoms with Gasteiger partial charge in [0.2, 0.25) is 5.68 Å². The van der Waals surface area contributed by atoms with E-state index in [4.69, 9.17) is 0 Å². The van der Waals surface area contributed by atoms with E-state index in [0.717, 1.165) is 24.3 Å². The molecule has 62 valence electrons. The molecule has 0 amide bonds. The van der Waals surface area contributed by atoms with E-state index in [2.05, 4.69) is 0 Å². The normalized spacial score (nSPS) is 9.58. The third-order valence-electron chi connectivity index (χ3n) is 1.33. The quantitative estimate of drug-likeness (QED) is 0.623. The Labute approximate surface area is 67.4 Å².